The van der Waals surface area contributed by atoms with Gasteiger partial charge in [-0.05, 0) is 48.7 Å². The van der Waals surface area contributed by atoms with E-state index in [4.69, 9.17) is 0 Å². The number of hydrogen-bond donors (Lipinski definition) is 3. The minimum atomic E-state index is 0. The van der Waals surface area contributed by atoms with Gasteiger partial charge in [-0.3, -0.25) is 4.79 Å². The summed E-state index contributed by atoms with van der Waals surface area (Å²) in [6.07, 6.45) is 1.58. The number of carbonyl (C=O) groups is 1. The van der Waals surface area contributed by atoms with Crippen LogP contribution in [0.25, 0.3) is 0 Å². The van der Waals surface area contributed by atoms with E-state index in [2.05, 4.69) is 15.6 Å². The molecule has 0 saturated carbocycles. The van der Waals surface area contributed by atoms with E-state index in [1.54, 1.807) is 12.1 Å². The van der Waals surface area contributed by atoms with Crippen LogP contribution in [0, 0.1) is 0 Å². The molecular weight excluding hydrogens is 467 g/mol. The number of hydrogen-bond acceptors (Lipinski definition) is 3. The van der Waals surface area contributed by atoms with Gasteiger partial charge in [0.25, 0.3) is 0 Å². The fourth-order valence-electron chi connectivity index (χ4n) is 3.01. The highest BCUT2D eigenvalue weighted by atomic mass is 127. The number of nitrogens with zero attached hydrogens (tertiary/aromatic N) is 2. The fraction of sp³-hybridized carbons (Fsp3) is 0.333. The maximum Gasteiger partial charge on any atom is 0.227 e. The van der Waals surface area contributed by atoms with Gasteiger partial charge in [-0.2, -0.15) is 0 Å². The van der Waals surface area contributed by atoms with Gasteiger partial charge in [-0.25, -0.2) is 4.99 Å². The number of rotatable bonds is 6. The zero-order chi connectivity index (χ0) is 19.1. The summed E-state index contributed by atoms with van der Waals surface area (Å²) in [4.78, 5) is 18.3. The van der Waals surface area contributed by atoms with Crippen molar-refractivity contribution in [2.75, 3.05) is 18.0 Å². The Hall–Kier alpha value is -2.29. The minimum Gasteiger partial charge on any atom is -0.508 e. The maximum atomic E-state index is 11.8. The number of amides is 1. The molecule has 7 heteroatoms. The van der Waals surface area contributed by atoms with Gasteiger partial charge >= 0.3 is 0 Å². The Bertz CT molecular complexity index is 791. The van der Waals surface area contributed by atoms with Crippen molar-refractivity contribution in [2.45, 2.75) is 32.9 Å². The van der Waals surface area contributed by atoms with Crippen LogP contribution in [0.5, 0.6) is 5.75 Å². The van der Waals surface area contributed by atoms with Crippen LogP contribution in [0.3, 0.4) is 0 Å². The molecule has 1 aliphatic rings. The molecule has 0 spiro atoms. The van der Waals surface area contributed by atoms with Crippen LogP contribution in [-0.2, 0) is 17.9 Å². The second-order valence-electron chi connectivity index (χ2n) is 6.53. The van der Waals surface area contributed by atoms with Crippen LogP contribution >= 0.6 is 24.0 Å². The molecule has 2 aromatic carbocycles. The van der Waals surface area contributed by atoms with E-state index in [1.165, 1.54) is 0 Å². The zero-order valence-electron chi connectivity index (χ0n) is 16.0. The molecule has 1 heterocycles. The number of anilines is 1. The standard InChI is InChI=1S/C21H26N4O2.HI/c1-2-22-21(24-15-17-7-11-19(26)12-8-17)23-14-16-5-9-18(10-6-16)25-13-3-4-20(25)27;/h5-12,26H,2-4,13-15H2,1H3,(H2,22,23,24);1H. The van der Waals surface area contributed by atoms with Crippen molar-refractivity contribution in [1.82, 2.24) is 10.6 Å². The van der Waals surface area contributed by atoms with Gasteiger partial charge in [-0.15, -0.1) is 24.0 Å². The van der Waals surface area contributed by atoms with Crippen LogP contribution in [0.15, 0.2) is 53.5 Å². The predicted molar refractivity (Wildman–Crippen MR) is 123 cm³/mol. The first-order valence-electron chi connectivity index (χ1n) is 9.35. The Morgan fingerprint density at radius 1 is 1.07 bits per heavy atom. The van der Waals surface area contributed by atoms with Crippen LogP contribution in [0.1, 0.15) is 30.9 Å². The first kappa shape index (κ1) is 22.0. The van der Waals surface area contributed by atoms with Crippen molar-refractivity contribution in [2.24, 2.45) is 4.99 Å². The number of aromatic hydroxyl groups is 1. The maximum absolute atomic E-state index is 11.8. The lowest BCUT2D eigenvalue weighted by Gasteiger charge is -2.16. The highest BCUT2D eigenvalue weighted by Crippen LogP contribution is 2.21. The number of aliphatic imine (C=N–C) groups is 1. The van der Waals surface area contributed by atoms with E-state index < -0.39 is 0 Å². The third kappa shape index (κ3) is 6.12. The van der Waals surface area contributed by atoms with Crippen molar-refractivity contribution in [1.29, 1.82) is 0 Å². The molecule has 1 fully saturated rings. The monoisotopic (exact) mass is 494 g/mol. The summed E-state index contributed by atoms with van der Waals surface area (Å²) in [7, 11) is 0. The van der Waals surface area contributed by atoms with Crippen LogP contribution in [0.2, 0.25) is 0 Å². The molecule has 3 rings (SSSR count). The van der Waals surface area contributed by atoms with Crippen molar-refractivity contribution < 1.29 is 9.90 Å². The van der Waals surface area contributed by atoms with Crippen molar-refractivity contribution in [3.63, 3.8) is 0 Å². The number of phenolic OH excluding ortho intramolecular Hbond substituents is 1. The Kier molecular flexibility index (Phi) is 8.56. The lowest BCUT2D eigenvalue weighted by molar-refractivity contribution is -0.117. The number of halogens is 1. The van der Waals surface area contributed by atoms with Gasteiger partial charge in [0.2, 0.25) is 5.91 Å². The lowest BCUT2D eigenvalue weighted by atomic mass is 10.2. The third-order valence-electron chi connectivity index (χ3n) is 4.48. The molecule has 1 saturated heterocycles. The van der Waals surface area contributed by atoms with Gasteiger partial charge in [0, 0.05) is 31.7 Å². The average Bonchev–Trinajstić information content (AvgIpc) is 3.11. The molecule has 0 radical (unpaired) electrons. The Labute approximate surface area is 183 Å². The lowest BCUT2D eigenvalue weighted by Crippen LogP contribution is -2.36. The van der Waals surface area contributed by atoms with Gasteiger partial charge in [0.15, 0.2) is 5.96 Å². The Morgan fingerprint density at radius 2 is 1.75 bits per heavy atom. The summed E-state index contributed by atoms with van der Waals surface area (Å²) in [5.74, 6) is 1.20. The van der Waals surface area contributed by atoms with E-state index in [9.17, 15) is 9.90 Å². The summed E-state index contributed by atoms with van der Waals surface area (Å²) in [5.41, 5.74) is 3.12. The summed E-state index contributed by atoms with van der Waals surface area (Å²) < 4.78 is 0. The SMILES string of the molecule is CCNC(=NCc1ccc(O)cc1)NCc1ccc(N2CCCC2=O)cc1.I. The number of phenols is 1. The number of benzene rings is 2. The van der Waals surface area contributed by atoms with Gasteiger partial charge < -0.3 is 20.6 Å². The second-order valence-corrected chi connectivity index (χ2v) is 6.53. The molecule has 150 valence electrons. The minimum absolute atomic E-state index is 0. The van der Waals surface area contributed by atoms with Gasteiger partial charge in [0.1, 0.15) is 5.75 Å². The highest BCUT2D eigenvalue weighted by Gasteiger charge is 2.21. The first-order valence-corrected chi connectivity index (χ1v) is 9.35. The van der Waals surface area contributed by atoms with Gasteiger partial charge in [0.05, 0.1) is 6.54 Å². The zero-order valence-corrected chi connectivity index (χ0v) is 18.3. The highest BCUT2D eigenvalue weighted by molar-refractivity contribution is 14.0. The van der Waals surface area contributed by atoms with E-state index in [0.717, 1.165) is 42.3 Å². The quantitative estimate of drug-likeness (QED) is 0.327. The molecule has 3 N–H and O–H groups in total. The smallest absolute Gasteiger partial charge is 0.227 e. The largest absolute Gasteiger partial charge is 0.508 e. The van der Waals surface area contributed by atoms with E-state index in [-0.39, 0.29) is 35.6 Å². The Morgan fingerprint density at radius 3 is 2.36 bits per heavy atom. The molecule has 1 aliphatic heterocycles. The summed E-state index contributed by atoms with van der Waals surface area (Å²) in [6.45, 7) is 4.79. The first-order chi connectivity index (χ1) is 13.2. The summed E-state index contributed by atoms with van der Waals surface area (Å²) in [6, 6.07) is 15.1. The molecular formula is C21H27IN4O2. The molecule has 0 aliphatic carbocycles. The van der Waals surface area contributed by atoms with E-state index in [0.29, 0.717) is 19.5 Å². The van der Waals surface area contributed by atoms with Crippen LogP contribution < -0.4 is 15.5 Å². The molecule has 0 aromatic heterocycles. The summed E-state index contributed by atoms with van der Waals surface area (Å²) >= 11 is 0. The molecule has 2 aromatic rings. The molecule has 0 unspecified atom stereocenters. The Balaban J connectivity index is 0.00000280. The normalized spacial score (nSPS) is 14.0. The number of carbonyl (C=O) groups excluding carboxylic acids is 1. The van der Waals surface area contributed by atoms with Crippen molar-refractivity contribution >= 4 is 41.5 Å². The molecule has 0 bridgehead atoms. The third-order valence-corrected chi connectivity index (χ3v) is 4.48. The van der Waals surface area contributed by atoms with Gasteiger partial charge in [-0.1, -0.05) is 24.3 Å². The molecule has 28 heavy (non-hydrogen) atoms. The van der Waals surface area contributed by atoms with Crippen molar-refractivity contribution in [3.05, 3.63) is 59.7 Å². The topological polar surface area (TPSA) is 77.0 Å². The molecule has 1 amide bonds. The van der Waals surface area contributed by atoms with E-state index in [1.807, 2.05) is 48.2 Å². The fourth-order valence-corrected chi connectivity index (χ4v) is 3.01. The molecule has 6 nitrogen and oxygen atoms in total. The predicted octanol–water partition coefficient (Wildman–Crippen LogP) is 3.39. The summed E-state index contributed by atoms with van der Waals surface area (Å²) in [5, 5.41) is 15.9. The van der Waals surface area contributed by atoms with Crippen LogP contribution in [0.4, 0.5) is 5.69 Å². The number of guanidine groups is 1. The second kappa shape index (κ2) is 10.9. The van der Waals surface area contributed by atoms with Crippen LogP contribution in [-0.4, -0.2) is 30.1 Å². The average molecular weight is 494 g/mol. The molecule has 0 atom stereocenters. The van der Waals surface area contributed by atoms with Crippen molar-refractivity contribution in [3.8, 4) is 5.75 Å². The number of nitrogens with one attached hydrogen (secondary N) is 2. The van der Waals surface area contributed by atoms with E-state index >= 15 is 0 Å².